The van der Waals surface area contributed by atoms with E-state index in [1.165, 1.54) is 6.07 Å². The van der Waals surface area contributed by atoms with E-state index in [4.69, 9.17) is 0 Å². The molecule has 1 N–H and O–H groups in total. The second kappa shape index (κ2) is 6.47. The molecule has 0 unspecified atom stereocenters. The molecule has 0 atom stereocenters. The van der Waals surface area contributed by atoms with Gasteiger partial charge in [-0.1, -0.05) is 13.0 Å². The summed E-state index contributed by atoms with van der Waals surface area (Å²) in [6.07, 6.45) is 3.97. The van der Waals surface area contributed by atoms with Gasteiger partial charge in [0.15, 0.2) is 0 Å². The first-order valence-corrected chi connectivity index (χ1v) is 7.08. The molecule has 0 heterocycles. The molecule has 6 nitrogen and oxygen atoms in total. The lowest BCUT2D eigenvalue weighted by molar-refractivity contribution is -0.385. The third-order valence-electron chi connectivity index (χ3n) is 3.84. The highest BCUT2D eigenvalue weighted by Gasteiger charge is 2.16. The Morgan fingerprint density at radius 2 is 2.05 bits per heavy atom. The summed E-state index contributed by atoms with van der Waals surface area (Å²) in [5, 5.41) is 15.0. The van der Waals surface area contributed by atoms with Gasteiger partial charge in [0.2, 0.25) is 0 Å². The Labute approximate surface area is 123 Å². The number of hydrazone groups is 1. The van der Waals surface area contributed by atoms with Crippen molar-refractivity contribution in [2.45, 2.75) is 39.5 Å². The van der Waals surface area contributed by atoms with Crippen LogP contribution in [0.1, 0.15) is 48.5 Å². The van der Waals surface area contributed by atoms with E-state index in [0.29, 0.717) is 11.5 Å². The second-order valence-electron chi connectivity index (χ2n) is 5.56. The number of aryl methyl sites for hydroxylation is 1. The minimum absolute atomic E-state index is 0.0539. The summed E-state index contributed by atoms with van der Waals surface area (Å²) in [6.45, 7) is 3.85. The first-order valence-electron chi connectivity index (χ1n) is 7.08. The van der Waals surface area contributed by atoms with Gasteiger partial charge in [-0.25, -0.2) is 5.43 Å². The third kappa shape index (κ3) is 3.87. The van der Waals surface area contributed by atoms with Crippen LogP contribution in [0.2, 0.25) is 0 Å². The fourth-order valence-electron chi connectivity index (χ4n) is 2.35. The molecular formula is C15H19N3O3. The Hall–Kier alpha value is -2.24. The van der Waals surface area contributed by atoms with Crippen LogP contribution in [0.15, 0.2) is 23.3 Å². The standard InChI is InChI=1S/C15H19N3O3/c1-10-3-7-13(8-4-10)16-17-15(19)12-6-5-11(2)14(9-12)18(20)21/h5-6,9-10H,3-4,7-8H2,1-2H3,(H,17,19). The van der Waals surface area contributed by atoms with Gasteiger partial charge in [-0.2, -0.15) is 5.10 Å². The molecule has 1 aromatic carbocycles. The second-order valence-corrected chi connectivity index (χ2v) is 5.56. The first kappa shape index (κ1) is 15.2. The van der Waals surface area contributed by atoms with Crippen molar-refractivity contribution in [1.82, 2.24) is 5.43 Å². The zero-order chi connectivity index (χ0) is 15.4. The van der Waals surface area contributed by atoms with Crippen molar-refractivity contribution in [2.24, 2.45) is 11.0 Å². The Bertz CT molecular complexity index is 586. The molecule has 2 rings (SSSR count). The number of benzene rings is 1. The Morgan fingerprint density at radius 3 is 2.67 bits per heavy atom. The highest BCUT2D eigenvalue weighted by atomic mass is 16.6. The molecule has 21 heavy (non-hydrogen) atoms. The summed E-state index contributed by atoms with van der Waals surface area (Å²) in [5.74, 6) is 0.295. The Kier molecular flexibility index (Phi) is 4.67. The van der Waals surface area contributed by atoms with E-state index in [-0.39, 0.29) is 11.3 Å². The van der Waals surface area contributed by atoms with E-state index >= 15 is 0 Å². The van der Waals surface area contributed by atoms with Crippen LogP contribution < -0.4 is 5.43 Å². The maximum Gasteiger partial charge on any atom is 0.273 e. The van der Waals surface area contributed by atoms with E-state index < -0.39 is 10.8 Å². The van der Waals surface area contributed by atoms with Crippen molar-refractivity contribution in [3.05, 3.63) is 39.4 Å². The van der Waals surface area contributed by atoms with Crippen LogP contribution >= 0.6 is 0 Å². The number of hydrogen-bond acceptors (Lipinski definition) is 4. The number of carbonyl (C=O) groups excluding carboxylic acids is 1. The van der Waals surface area contributed by atoms with Gasteiger partial charge in [-0.3, -0.25) is 14.9 Å². The van der Waals surface area contributed by atoms with Gasteiger partial charge in [-0.05, 0) is 44.6 Å². The van der Waals surface area contributed by atoms with E-state index in [2.05, 4.69) is 17.5 Å². The van der Waals surface area contributed by atoms with Crippen LogP contribution in [0.25, 0.3) is 0 Å². The zero-order valence-corrected chi connectivity index (χ0v) is 12.3. The average molecular weight is 289 g/mol. The summed E-state index contributed by atoms with van der Waals surface area (Å²) in [5.41, 5.74) is 4.21. The molecule has 1 amide bonds. The molecule has 0 radical (unpaired) electrons. The normalized spacial score (nSPS) is 18.2. The maximum atomic E-state index is 12.0. The lowest BCUT2D eigenvalue weighted by Gasteiger charge is -2.18. The largest absolute Gasteiger partial charge is 0.273 e. The molecule has 1 aliphatic carbocycles. The molecule has 0 spiro atoms. The monoisotopic (exact) mass is 289 g/mol. The molecule has 1 aromatic rings. The lowest BCUT2D eigenvalue weighted by Crippen LogP contribution is -2.22. The quantitative estimate of drug-likeness (QED) is 0.685. The number of nitrogens with zero attached hydrogens (tertiary/aromatic N) is 2. The van der Waals surface area contributed by atoms with E-state index in [9.17, 15) is 14.9 Å². The van der Waals surface area contributed by atoms with Crippen LogP contribution in [-0.4, -0.2) is 16.5 Å². The van der Waals surface area contributed by atoms with Gasteiger partial charge in [0.1, 0.15) is 0 Å². The highest BCUT2D eigenvalue weighted by molar-refractivity contribution is 5.96. The van der Waals surface area contributed by atoms with Crippen molar-refractivity contribution in [1.29, 1.82) is 0 Å². The van der Waals surface area contributed by atoms with Crippen LogP contribution in [0, 0.1) is 23.0 Å². The number of hydrogen-bond donors (Lipinski definition) is 1. The number of carbonyl (C=O) groups is 1. The molecule has 0 aliphatic heterocycles. The molecule has 0 aromatic heterocycles. The van der Waals surface area contributed by atoms with Gasteiger partial charge < -0.3 is 0 Å². The van der Waals surface area contributed by atoms with Gasteiger partial charge in [0, 0.05) is 22.9 Å². The predicted octanol–water partition coefficient (Wildman–Crippen LogP) is 3.20. The number of nitro groups is 1. The fraction of sp³-hybridized carbons (Fsp3) is 0.467. The summed E-state index contributed by atoms with van der Waals surface area (Å²) >= 11 is 0. The number of nitrogens with one attached hydrogen (secondary N) is 1. The summed E-state index contributed by atoms with van der Waals surface area (Å²) in [6, 6.07) is 4.43. The molecule has 1 fully saturated rings. The zero-order valence-electron chi connectivity index (χ0n) is 12.3. The Morgan fingerprint density at radius 1 is 1.38 bits per heavy atom. The van der Waals surface area contributed by atoms with Gasteiger partial charge in [0.05, 0.1) is 4.92 Å². The SMILES string of the molecule is Cc1ccc(C(=O)NN=C2CCC(C)CC2)cc1[N+](=O)[O-]. The summed E-state index contributed by atoms with van der Waals surface area (Å²) in [7, 11) is 0. The number of nitro benzene ring substituents is 1. The van der Waals surface area contributed by atoms with Crippen LogP contribution in [0.3, 0.4) is 0 Å². The van der Waals surface area contributed by atoms with Crippen LogP contribution in [-0.2, 0) is 0 Å². The first-order chi connectivity index (χ1) is 9.97. The average Bonchev–Trinajstić information content (AvgIpc) is 2.46. The third-order valence-corrected chi connectivity index (χ3v) is 3.84. The molecule has 6 heteroatoms. The minimum Gasteiger partial charge on any atom is -0.267 e. The molecule has 0 bridgehead atoms. The van der Waals surface area contributed by atoms with Gasteiger partial charge in [0.25, 0.3) is 11.6 Å². The Balaban J connectivity index is 2.05. The number of rotatable bonds is 3. The fourth-order valence-corrected chi connectivity index (χ4v) is 2.35. The highest BCUT2D eigenvalue weighted by Crippen LogP contribution is 2.21. The molecule has 0 saturated heterocycles. The van der Waals surface area contributed by atoms with E-state index in [1.807, 2.05) is 0 Å². The van der Waals surface area contributed by atoms with Crippen LogP contribution in [0.4, 0.5) is 5.69 Å². The lowest BCUT2D eigenvalue weighted by atomic mass is 9.90. The number of amides is 1. The van der Waals surface area contributed by atoms with Crippen molar-refractivity contribution >= 4 is 17.3 Å². The molecular weight excluding hydrogens is 270 g/mol. The predicted molar refractivity (Wildman–Crippen MR) is 80.4 cm³/mol. The molecule has 1 saturated carbocycles. The minimum atomic E-state index is -0.486. The van der Waals surface area contributed by atoms with Crippen molar-refractivity contribution in [3.63, 3.8) is 0 Å². The molecule has 1 aliphatic rings. The molecule has 112 valence electrons. The topological polar surface area (TPSA) is 84.6 Å². The van der Waals surface area contributed by atoms with Crippen molar-refractivity contribution < 1.29 is 9.72 Å². The maximum absolute atomic E-state index is 12.0. The van der Waals surface area contributed by atoms with Crippen molar-refractivity contribution in [2.75, 3.05) is 0 Å². The van der Waals surface area contributed by atoms with Gasteiger partial charge in [-0.15, -0.1) is 0 Å². The van der Waals surface area contributed by atoms with E-state index in [0.717, 1.165) is 31.4 Å². The van der Waals surface area contributed by atoms with E-state index in [1.54, 1.807) is 19.1 Å². The summed E-state index contributed by atoms with van der Waals surface area (Å²) < 4.78 is 0. The van der Waals surface area contributed by atoms with Gasteiger partial charge >= 0.3 is 0 Å². The summed E-state index contributed by atoms with van der Waals surface area (Å²) in [4.78, 5) is 22.4. The van der Waals surface area contributed by atoms with Crippen molar-refractivity contribution in [3.8, 4) is 0 Å². The van der Waals surface area contributed by atoms with Crippen LogP contribution in [0.5, 0.6) is 0 Å². The smallest absolute Gasteiger partial charge is 0.267 e.